The van der Waals surface area contributed by atoms with Crippen molar-refractivity contribution in [2.45, 2.75) is 26.8 Å². The number of ether oxygens (including phenoxy) is 1. The molecule has 0 atom stereocenters. The maximum atomic E-state index is 6.05. The van der Waals surface area contributed by atoms with Gasteiger partial charge in [0.25, 0.3) is 0 Å². The minimum atomic E-state index is 0.541. The summed E-state index contributed by atoms with van der Waals surface area (Å²) >= 11 is 0. The third kappa shape index (κ3) is 6.07. The van der Waals surface area contributed by atoms with Crippen LogP contribution in [0.1, 0.15) is 19.7 Å². The zero-order chi connectivity index (χ0) is 21.0. The maximum absolute atomic E-state index is 6.05. The van der Waals surface area contributed by atoms with Gasteiger partial charge in [0, 0.05) is 25.1 Å². The van der Waals surface area contributed by atoms with Crippen LogP contribution in [0.3, 0.4) is 0 Å². The van der Waals surface area contributed by atoms with Crippen LogP contribution in [0.15, 0.2) is 65.9 Å². The van der Waals surface area contributed by atoms with Gasteiger partial charge in [0.2, 0.25) is 0 Å². The molecule has 30 heavy (non-hydrogen) atoms. The summed E-state index contributed by atoms with van der Waals surface area (Å²) in [4.78, 5) is 4.64. The Morgan fingerprint density at radius 2 is 1.83 bits per heavy atom. The molecule has 2 N–H and O–H groups in total. The number of nitrogens with one attached hydrogen (secondary N) is 2. The minimum Gasteiger partial charge on any atom is -0.491 e. The van der Waals surface area contributed by atoms with Crippen LogP contribution in [0, 0.1) is 0 Å². The summed E-state index contributed by atoms with van der Waals surface area (Å²) in [5, 5.41) is 14.7. The van der Waals surface area contributed by atoms with Gasteiger partial charge in [0.15, 0.2) is 5.96 Å². The number of aromatic nitrogens is 3. The molecule has 0 aliphatic rings. The summed E-state index contributed by atoms with van der Waals surface area (Å²) in [6.07, 6.45) is 2.62. The largest absolute Gasteiger partial charge is 0.491 e. The predicted molar refractivity (Wildman–Crippen MR) is 121 cm³/mol. The van der Waals surface area contributed by atoms with Crippen LogP contribution in [-0.4, -0.2) is 47.0 Å². The third-order valence-corrected chi connectivity index (χ3v) is 4.59. The average Bonchev–Trinajstić information content (AvgIpc) is 3.25. The van der Waals surface area contributed by atoms with Crippen molar-refractivity contribution in [3.05, 3.63) is 66.7 Å². The number of aryl methyl sites for hydroxylation is 1. The van der Waals surface area contributed by atoms with Gasteiger partial charge in [-0.1, -0.05) is 55.5 Å². The lowest BCUT2D eigenvalue weighted by Crippen LogP contribution is -2.39. The fraction of sp³-hybridized carbons (Fsp3) is 0.348. The number of rotatable bonds is 10. The third-order valence-electron chi connectivity index (χ3n) is 4.59. The lowest BCUT2D eigenvalue weighted by molar-refractivity contribution is 0.323. The molecule has 0 unspecified atom stereocenters. The summed E-state index contributed by atoms with van der Waals surface area (Å²) in [6.45, 7) is 7.54. The Labute approximate surface area is 178 Å². The highest BCUT2D eigenvalue weighted by atomic mass is 16.5. The number of aliphatic imine (C=N–C) groups is 1. The van der Waals surface area contributed by atoms with E-state index in [1.165, 1.54) is 0 Å². The van der Waals surface area contributed by atoms with Gasteiger partial charge >= 0.3 is 0 Å². The standard InChI is InChI=1S/C23H30N6O/c1-3-22-28-27-18-29(22)16-14-25-23(24-4-2)26-15-17-30-21-13-9-8-12-20(21)19-10-6-5-7-11-19/h5-13,18H,3-4,14-17H2,1-2H3,(H2,24,25,26). The van der Waals surface area contributed by atoms with Crippen LogP contribution in [-0.2, 0) is 13.0 Å². The van der Waals surface area contributed by atoms with Crippen molar-refractivity contribution >= 4 is 5.96 Å². The van der Waals surface area contributed by atoms with Crippen molar-refractivity contribution in [2.75, 3.05) is 26.2 Å². The molecule has 0 fully saturated rings. The van der Waals surface area contributed by atoms with Crippen LogP contribution in [0.5, 0.6) is 5.75 Å². The Balaban J connectivity index is 1.50. The molecule has 3 aromatic rings. The lowest BCUT2D eigenvalue weighted by atomic mass is 10.1. The van der Waals surface area contributed by atoms with Gasteiger partial charge in [0.05, 0.1) is 13.1 Å². The average molecular weight is 407 g/mol. The summed E-state index contributed by atoms with van der Waals surface area (Å²) in [7, 11) is 0. The van der Waals surface area contributed by atoms with E-state index >= 15 is 0 Å². The summed E-state index contributed by atoms with van der Waals surface area (Å²) < 4.78 is 8.09. The van der Waals surface area contributed by atoms with E-state index in [-0.39, 0.29) is 0 Å². The molecule has 0 aliphatic carbocycles. The van der Waals surface area contributed by atoms with Crippen molar-refractivity contribution in [1.29, 1.82) is 0 Å². The Hall–Kier alpha value is -3.35. The van der Waals surface area contributed by atoms with Crippen molar-refractivity contribution in [3.8, 4) is 16.9 Å². The molecular weight excluding hydrogens is 376 g/mol. The van der Waals surface area contributed by atoms with Crippen molar-refractivity contribution in [2.24, 2.45) is 4.99 Å². The highest BCUT2D eigenvalue weighted by Gasteiger charge is 2.06. The van der Waals surface area contributed by atoms with E-state index in [0.29, 0.717) is 19.7 Å². The van der Waals surface area contributed by atoms with Gasteiger partial charge in [-0.25, -0.2) is 0 Å². The molecule has 0 bridgehead atoms. The molecular formula is C23H30N6O. The molecule has 0 saturated heterocycles. The fourth-order valence-electron chi connectivity index (χ4n) is 3.13. The Morgan fingerprint density at radius 1 is 1.03 bits per heavy atom. The number of hydrogen-bond acceptors (Lipinski definition) is 4. The molecule has 0 saturated carbocycles. The molecule has 3 rings (SSSR count). The van der Waals surface area contributed by atoms with Crippen LogP contribution in [0.4, 0.5) is 0 Å². The topological polar surface area (TPSA) is 76.4 Å². The van der Waals surface area contributed by atoms with E-state index in [4.69, 9.17) is 4.74 Å². The van der Waals surface area contributed by atoms with Crippen molar-refractivity contribution < 1.29 is 4.74 Å². The lowest BCUT2D eigenvalue weighted by Gasteiger charge is -2.14. The molecule has 0 amide bonds. The number of nitrogens with zero attached hydrogens (tertiary/aromatic N) is 4. The number of guanidine groups is 1. The first kappa shape index (κ1) is 21.4. The second kappa shape index (κ2) is 11.6. The first-order valence-electron chi connectivity index (χ1n) is 10.5. The smallest absolute Gasteiger partial charge is 0.191 e. The minimum absolute atomic E-state index is 0.541. The number of para-hydroxylation sites is 1. The first-order valence-corrected chi connectivity index (χ1v) is 10.5. The highest BCUT2D eigenvalue weighted by Crippen LogP contribution is 2.29. The Bertz CT molecular complexity index is 922. The summed E-state index contributed by atoms with van der Waals surface area (Å²) in [5.74, 6) is 2.64. The monoisotopic (exact) mass is 406 g/mol. The van der Waals surface area contributed by atoms with Crippen molar-refractivity contribution in [3.63, 3.8) is 0 Å². The molecule has 7 heteroatoms. The molecule has 0 spiro atoms. The van der Waals surface area contributed by atoms with Crippen molar-refractivity contribution in [1.82, 2.24) is 25.4 Å². The van der Waals surface area contributed by atoms with Crippen LogP contribution >= 0.6 is 0 Å². The highest BCUT2D eigenvalue weighted by molar-refractivity contribution is 5.79. The van der Waals surface area contributed by atoms with Crippen LogP contribution in [0.25, 0.3) is 11.1 Å². The van der Waals surface area contributed by atoms with E-state index in [1.54, 1.807) is 6.33 Å². The summed E-state index contributed by atoms with van der Waals surface area (Å²) in [6, 6.07) is 18.4. The second-order valence-corrected chi connectivity index (χ2v) is 6.69. The molecule has 1 heterocycles. The molecule has 0 aliphatic heterocycles. The van der Waals surface area contributed by atoms with E-state index in [1.807, 2.05) is 41.0 Å². The van der Waals surface area contributed by atoms with Gasteiger partial charge in [-0.2, -0.15) is 0 Å². The van der Waals surface area contributed by atoms with E-state index in [0.717, 1.165) is 48.2 Å². The van der Waals surface area contributed by atoms with E-state index in [9.17, 15) is 0 Å². The predicted octanol–water partition coefficient (Wildman–Crippen LogP) is 3.14. The van der Waals surface area contributed by atoms with Gasteiger partial charge < -0.3 is 19.9 Å². The summed E-state index contributed by atoms with van der Waals surface area (Å²) in [5.41, 5.74) is 2.25. The maximum Gasteiger partial charge on any atom is 0.191 e. The van der Waals surface area contributed by atoms with Gasteiger partial charge in [-0.3, -0.25) is 4.99 Å². The quantitative estimate of drug-likeness (QED) is 0.307. The SMILES string of the molecule is CCNC(=NCCn1cnnc1CC)NCCOc1ccccc1-c1ccccc1. The normalized spacial score (nSPS) is 11.3. The molecule has 2 aromatic carbocycles. The zero-order valence-electron chi connectivity index (χ0n) is 17.7. The van der Waals surface area contributed by atoms with Crippen LogP contribution in [0.2, 0.25) is 0 Å². The zero-order valence-corrected chi connectivity index (χ0v) is 17.7. The fourth-order valence-corrected chi connectivity index (χ4v) is 3.13. The van der Waals surface area contributed by atoms with Gasteiger partial charge in [-0.15, -0.1) is 10.2 Å². The first-order chi connectivity index (χ1) is 14.8. The number of hydrogen-bond donors (Lipinski definition) is 2. The van der Waals surface area contributed by atoms with E-state index < -0.39 is 0 Å². The Kier molecular flexibility index (Phi) is 8.26. The molecule has 158 valence electrons. The second-order valence-electron chi connectivity index (χ2n) is 6.69. The Morgan fingerprint density at radius 3 is 2.63 bits per heavy atom. The van der Waals surface area contributed by atoms with Gasteiger partial charge in [-0.05, 0) is 18.6 Å². The molecule has 0 radical (unpaired) electrons. The van der Waals surface area contributed by atoms with Gasteiger partial charge in [0.1, 0.15) is 24.5 Å². The van der Waals surface area contributed by atoms with E-state index in [2.05, 4.69) is 57.9 Å². The van der Waals surface area contributed by atoms with Crippen LogP contribution < -0.4 is 15.4 Å². The molecule has 1 aromatic heterocycles. The number of benzene rings is 2. The molecule has 7 nitrogen and oxygen atoms in total.